The van der Waals surface area contributed by atoms with Gasteiger partial charge >= 0.3 is 0 Å². The van der Waals surface area contributed by atoms with E-state index in [1.165, 1.54) is 6.33 Å². The van der Waals surface area contributed by atoms with Crippen LogP contribution in [0.3, 0.4) is 0 Å². The van der Waals surface area contributed by atoms with E-state index in [4.69, 9.17) is 28.9 Å². The number of nitrogens with one attached hydrogen (secondary N) is 1. The van der Waals surface area contributed by atoms with Crippen molar-refractivity contribution in [1.29, 1.82) is 0 Å². The Bertz CT molecular complexity index is 670. The highest BCUT2D eigenvalue weighted by molar-refractivity contribution is 6.38. The SMILES string of the molecule is CN(C)c1ccc(N)cc1C(=O)Nc1c(Cl)ncnc1Cl. The highest BCUT2D eigenvalue weighted by Gasteiger charge is 2.17. The van der Waals surface area contributed by atoms with E-state index >= 15 is 0 Å². The standard InChI is InChI=1S/C13H13Cl2N5O/c1-20(2)9-4-3-7(16)5-8(9)13(21)19-10-11(14)17-6-18-12(10)15/h3-6H,16H2,1-2H3,(H,19,21). The molecule has 0 spiro atoms. The molecule has 8 heteroatoms. The predicted octanol–water partition coefficient (Wildman–Crippen LogP) is 2.68. The fourth-order valence-electron chi connectivity index (χ4n) is 1.75. The maximum absolute atomic E-state index is 12.4. The molecular formula is C13H13Cl2N5O. The van der Waals surface area contributed by atoms with E-state index in [0.717, 1.165) is 0 Å². The van der Waals surface area contributed by atoms with E-state index in [1.807, 2.05) is 14.1 Å². The fraction of sp³-hybridized carbons (Fsp3) is 0.154. The molecule has 0 bridgehead atoms. The first-order valence-electron chi connectivity index (χ1n) is 5.94. The van der Waals surface area contributed by atoms with Crippen molar-refractivity contribution < 1.29 is 4.79 Å². The molecule has 3 N–H and O–H groups in total. The predicted molar refractivity (Wildman–Crippen MR) is 85.2 cm³/mol. The maximum Gasteiger partial charge on any atom is 0.258 e. The summed E-state index contributed by atoms with van der Waals surface area (Å²) in [6.07, 6.45) is 1.21. The highest BCUT2D eigenvalue weighted by Crippen LogP contribution is 2.28. The van der Waals surface area contributed by atoms with Gasteiger partial charge in [0.2, 0.25) is 0 Å². The number of hydrogen-bond acceptors (Lipinski definition) is 5. The van der Waals surface area contributed by atoms with Crippen molar-refractivity contribution in [2.75, 3.05) is 30.0 Å². The lowest BCUT2D eigenvalue weighted by molar-refractivity contribution is 0.102. The normalized spacial score (nSPS) is 10.3. The molecule has 1 heterocycles. The minimum atomic E-state index is -0.399. The van der Waals surface area contributed by atoms with Crippen LogP contribution < -0.4 is 16.0 Å². The molecule has 6 nitrogen and oxygen atoms in total. The number of anilines is 3. The lowest BCUT2D eigenvalue weighted by Gasteiger charge is -2.18. The van der Waals surface area contributed by atoms with E-state index in [-0.39, 0.29) is 16.0 Å². The van der Waals surface area contributed by atoms with Crippen LogP contribution >= 0.6 is 23.2 Å². The average molecular weight is 326 g/mol. The Morgan fingerprint density at radius 1 is 1.24 bits per heavy atom. The Hall–Kier alpha value is -2.05. The third kappa shape index (κ3) is 3.34. The minimum Gasteiger partial charge on any atom is -0.399 e. The molecule has 0 aliphatic rings. The van der Waals surface area contributed by atoms with Crippen LogP contribution in [-0.2, 0) is 0 Å². The first kappa shape index (κ1) is 15.3. The molecule has 110 valence electrons. The number of nitrogens with two attached hydrogens (primary N) is 1. The topological polar surface area (TPSA) is 84.1 Å². The van der Waals surface area contributed by atoms with Crippen LogP contribution in [0.15, 0.2) is 24.5 Å². The smallest absolute Gasteiger partial charge is 0.258 e. The summed E-state index contributed by atoms with van der Waals surface area (Å²) in [5, 5.41) is 2.74. The summed E-state index contributed by atoms with van der Waals surface area (Å²) >= 11 is 11.8. The molecule has 0 fully saturated rings. The molecule has 0 atom stereocenters. The van der Waals surface area contributed by atoms with Crippen LogP contribution in [0.25, 0.3) is 0 Å². The zero-order valence-electron chi connectivity index (χ0n) is 11.4. The van der Waals surface area contributed by atoms with Crippen molar-refractivity contribution in [2.45, 2.75) is 0 Å². The van der Waals surface area contributed by atoms with Crippen molar-refractivity contribution in [3.8, 4) is 0 Å². The number of hydrogen-bond donors (Lipinski definition) is 2. The summed E-state index contributed by atoms with van der Waals surface area (Å²) in [6.45, 7) is 0. The number of carbonyl (C=O) groups excluding carboxylic acids is 1. The van der Waals surface area contributed by atoms with Crippen molar-refractivity contribution >= 4 is 46.2 Å². The second-order valence-electron chi connectivity index (χ2n) is 4.46. The zero-order chi connectivity index (χ0) is 15.6. The van der Waals surface area contributed by atoms with Gasteiger partial charge in [0.05, 0.1) is 5.56 Å². The van der Waals surface area contributed by atoms with Gasteiger partial charge in [0.25, 0.3) is 5.91 Å². The maximum atomic E-state index is 12.4. The first-order chi connectivity index (χ1) is 9.90. The van der Waals surface area contributed by atoms with E-state index in [1.54, 1.807) is 23.1 Å². The van der Waals surface area contributed by atoms with Gasteiger partial charge < -0.3 is 16.0 Å². The molecular weight excluding hydrogens is 313 g/mol. The van der Waals surface area contributed by atoms with Gasteiger partial charge in [0.1, 0.15) is 12.0 Å². The second kappa shape index (κ2) is 6.15. The van der Waals surface area contributed by atoms with E-state index in [0.29, 0.717) is 16.9 Å². The number of amides is 1. The average Bonchev–Trinajstić information content (AvgIpc) is 2.42. The van der Waals surface area contributed by atoms with Crippen LogP contribution in [0.2, 0.25) is 10.3 Å². The van der Waals surface area contributed by atoms with Gasteiger partial charge in [-0.05, 0) is 18.2 Å². The van der Waals surface area contributed by atoms with Crippen LogP contribution in [0.5, 0.6) is 0 Å². The van der Waals surface area contributed by atoms with Crippen LogP contribution in [0, 0.1) is 0 Å². The number of nitrogens with zero attached hydrogens (tertiary/aromatic N) is 3. The summed E-state index contributed by atoms with van der Waals surface area (Å²) < 4.78 is 0. The second-order valence-corrected chi connectivity index (χ2v) is 5.17. The molecule has 0 radical (unpaired) electrons. The zero-order valence-corrected chi connectivity index (χ0v) is 12.9. The van der Waals surface area contributed by atoms with Gasteiger partial charge in [-0.1, -0.05) is 23.2 Å². The summed E-state index contributed by atoms with van der Waals surface area (Å²) in [6, 6.07) is 5.06. The Labute approximate surface area is 131 Å². The summed E-state index contributed by atoms with van der Waals surface area (Å²) in [4.78, 5) is 21.8. The Kier molecular flexibility index (Phi) is 4.50. The molecule has 1 amide bonds. The molecule has 2 rings (SSSR count). The lowest BCUT2D eigenvalue weighted by atomic mass is 10.1. The van der Waals surface area contributed by atoms with Crippen molar-refractivity contribution in [3.63, 3.8) is 0 Å². The van der Waals surface area contributed by atoms with E-state index in [9.17, 15) is 4.79 Å². The molecule has 21 heavy (non-hydrogen) atoms. The molecule has 1 aromatic heterocycles. The van der Waals surface area contributed by atoms with Gasteiger partial charge in [-0.2, -0.15) is 0 Å². The molecule has 0 saturated heterocycles. The largest absolute Gasteiger partial charge is 0.399 e. The molecule has 0 aliphatic heterocycles. The first-order valence-corrected chi connectivity index (χ1v) is 6.70. The highest BCUT2D eigenvalue weighted by atomic mass is 35.5. The quantitative estimate of drug-likeness (QED) is 0.669. The lowest BCUT2D eigenvalue weighted by Crippen LogP contribution is -2.19. The van der Waals surface area contributed by atoms with Crippen molar-refractivity contribution in [2.24, 2.45) is 0 Å². The molecule has 0 aliphatic carbocycles. The van der Waals surface area contributed by atoms with Crippen molar-refractivity contribution in [1.82, 2.24) is 9.97 Å². The van der Waals surface area contributed by atoms with Crippen molar-refractivity contribution in [3.05, 3.63) is 40.4 Å². The van der Waals surface area contributed by atoms with Crippen LogP contribution in [0.1, 0.15) is 10.4 Å². The van der Waals surface area contributed by atoms with Gasteiger partial charge in [0.15, 0.2) is 10.3 Å². The Morgan fingerprint density at radius 3 is 2.43 bits per heavy atom. The van der Waals surface area contributed by atoms with E-state index in [2.05, 4.69) is 15.3 Å². The number of halogens is 2. The summed E-state index contributed by atoms with van der Waals surface area (Å²) in [5.74, 6) is -0.399. The number of carbonyl (C=O) groups is 1. The number of benzene rings is 1. The number of aromatic nitrogens is 2. The summed E-state index contributed by atoms with van der Waals surface area (Å²) in [7, 11) is 3.65. The number of rotatable bonds is 3. The monoisotopic (exact) mass is 325 g/mol. The summed E-state index contributed by atoms with van der Waals surface area (Å²) in [5.41, 5.74) is 7.50. The van der Waals surface area contributed by atoms with E-state index < -0.39 is 5.91 Å². The fourth-order valence-corrected chi connectivity index (χ4v) is 2.16. The third-order valence-electron chi connectivity index (χ3n) is 2.74. The Balaban J connectivity index is 2.39. The number of nitrogen functional groups attached to an aromatic ring is 1. The minimum absolute atomic E-state index is 0.0682. The van der Waals surface area contributed by atoms with Gasteiger partial charge in [-0.3, -0.25) is 4.79 Å². The third-order valence-corrected chi connectivity index (χ3v) is 3.31. The van der Waals surface area contributed by atoms with Gasteiger partial charge in [0, 0.05) is 25.5 Å². The molecule has 0 unspecified atom stereocenters. The molecule has 0 saturated carbocycles. The molecule has 2 aromatic rings. The van der Waals surface area contributed by atoms with Crippen LogP contribution in [-0.4, -0.2) is 30.0 Å². The van der Waals surface area contributed by atoms with Gasteiger partial charge in [-0.15, -0.1) is 0 Å². The molecule has 1 aromatic carbocycles. The van der Waals surface area contributed by atoms with Gasteiger partial charge in [-0.25, -0.2) is 9.97 Å². The Morgan fingerprint density at radius 2 is 1.86 bits per heavy atom. The van der Waals surface area contributed by atoms with Crippen LogP contribution in [0.4, 0.5) is 17.1 Å².